The predicted octanol–water partition coefficient (Wildman–Crippen LogP) is 5.31. The van der Waals surface area contributed by atoms with Gasteiger partial charge < -0.3 is 9.72 Å². The molecule has 0 saturated heterocycles. The summed E-state index contributed by atoms with van der Waals surface area (Å²) in [4.78, 5) is 29.0. The highest BCUT2D eigenvalue weighted by molar-refractivity contribution is 6.31. The first kappa shape index (κ1) is 21.8. The maximum atomic E-state index is 13.4. The quantitative estimate of drug-likeness (QED) is 0.423. The molecule has 0 radical (unpaired) electrons. The van der Waals surface area contributed by atoms with Gasteiger partial charge in [0.25, 0.3) is 5.56 Å². The van der Waals surface area contributed by atoms with Crippen LogP contribution < -0.4 is 15.7 Å². The highest BCUT2D eigenvalue weighted by atomic mass is 35.5. The second-order valence-corrected chi connectivity index (χ2v) is 8.46. The first-order valence-corrected chi connectivity index (χ1v) is 11.2. The van der Waals surface area contributed by atoms with Crippen molar-refractivity contribution >= 4 is 34.1 Å². The number of fused-ring (bicyclic) bond motifs is 1. The molecule has 1 amide bonds. The number of ether oxygens (including phenoxy) is 1. The van der Waals surface area contributed by atoms with Crippen molar-refractivity contribution < 1.29 is 9.53 Å². The fourth-order valence-corrected chi connectivity index (χ4v) is 4.62. The van der Waals surface area contributed by atoms with Crippen LogP contribution in [0, 0.1) is 0 Å². The molecule has 1 atom stereocenters. The Morgan fingerprint density at radius 1 is 1.00 bits per heavy atom. The Morgan fingerprint density at radius 2 is 1.74 bits per heavy atom. The summed E-state index contributed by atoms with van der Waals surface area (Å²) in [5.74, 6) is 0.462. The lowest BCUT2D eigenvalue weighted by Gasteiger charge is -2.25. The van der Waals surface area contributed by atoms with E-state index in [0.717, 1.165) is 22.1 Å². The minimum atomic E-state index is -0.457. The van der Waals surface area contributed by atoms with E-state index in [4.69, 9.17) is 16.3 Å². The second kappa shape index (κ2) is 8.72. The van der Waals surface area contributed by atoms with E-state index in [0.29, 0.717) is 27.5 Å². The number of hydrazine groups is 1. The number of para-hydroxylation sites is 1. The number of nitrogens with zero attached hydrogens (tertiary/aromatic N) is 1. The molecule has 1 aliphatic rings. The Morgan fingerprint density at radius 3 is 2.47 bits per heavy atom. The van der Waals surface area contributed by atoms with E-state index < -0.39 is 6.04 Å². The van der Waals surface area contributed by atoms with Crippen LogP contribution in [0.15, 0.2) is 83.7 Å². The van der Waals surface area contributed by atoms with Gasteiger partial charge in [-0.15, -0.1) is 0 Å². The van der Waals surface area contributed by atoms with E-state index in [1.807, 2.05) is 66.7 Å². The number of aromatic amines is 1. The summed E-state index contributed by atoms with van der Waals surface area (Å²) in [5, 5.41) is 2.88. The van der Waals surface area contributed by atoms with E-state index in [1.165, 1.54) is 11.9 Å². The smallest absolute Gasteiger partial charge is 0.258 e. The van der Waals surface area contributed by atoms with Crippen LogP contribution in [-0.2, 0) is 4.79 Å². The van der Waals surface area contributed by atoms with Gasteiger partial charge in [-0.1, -0.05) is 60.1 Å². The van der Waals surface area contributed by atoms with Gasteiger partial charge in [0, 0.05) is 34.0 Å². The number of benzene rings is 3. The minimum absolute atomic E-state index is 0.191. The van der Waals surface area contributed by atoms with E-state index in [9.17, 15) is 9.59 Å². The van der Waals surface area contributed by atoms with Crippen LogP contribution in [0.1, 0.15) is 24.1 Å². The number of pyridine rings is 1. The van der Waals surface area contributed by atoms with Crippen molar-refractivity contribution in [1.82, 2.24) is 15.4 Å². The average Bonchev–Trinajstić information content (AvgIpc) is 3.29. The lowest BCUT2D eigenvalue weighted by molar-refractivity contribution is -0.132. The molecule has 170 valence electrons. The summed E-state index contributed by atoms with van der Waals surface area (Å²) in [7, 11) is 1.59. The standard InChI is InChI=1S/C27H22ClN3O3/c1-16(32)31-23(19-10-6-7-11-24(19)34-2)15-22(30-31)26-25(17-8-4-3-5-9-17)20-14-18(28)12-13-21(20)29-27(26)33/h3-15,23,30H,1-2H3,(H,29,33)/t23-/m1/s1. The van der Waals surface area contributed by atoms with Crippen LogP contribution in [0.3, 0.4) is 0 Å². The zero-order valence-electron chi connectivity index (χ0n) is 18.6. The van der Waals surface area contributed by atoms with Gasteiger partial charge in [0.1, 0.15) is 11.8 Å². The fraction of sp³-hybridized carbons (Fsp3) is 0.111. The molecule has 5 rings (SSSR count). The lowest BCUT2D eigenvalue weighted by Crippen LogP contribution is -2.38. The summed E-state index contributed by atoms with van der Waals surface area (Å²) in [5.41, 5.74) is 6.98. The second-order valence-electron chi connectivity index (χ2n) is 8.03. The minimum Gasteiger partial charge on any atom is -0.496 e. The van der Waals surface area contributed by atoms with Crippen molar-refractivity contribution in [3.05, 3.63) is 105 Å². The number of H-pyrrole nitrogens is 1. The topological polar surface area (TPSA) is 74.4 Å². The number of rotatable bonds is 4. The molecule has 0 aliphatic carbocycles. The van der Waals surface area contributed by atoms with Crippen molar-refractivity contribution in [3.8, 4) is 16.9 Å². The van der Waals surface area contributed by atoms with Crippen LogP contribution >= 0.6 is 11.6 Å². The SMILES string of the molecule is COc1ccccc1[C@H]1C=C(c2c(-c3ccccc3)c3cc(Cl)ccc3[nH]c2=O)NN1C(C)=O. The third-order valence-electron chi connectivity index (χ3n) is 5.95. The molecule has 7 heteroatoms. The Labute approximate surface area is 201 Å². The van der Waals surface area contributed by atoms with E-state index in [1.54, 1.807) is 19.2 Å². The molecule has 6 nitrogen and oxygen atoms in total. The molecule has 0 spiro atoms. The van der Waals surface area contributed by atoms with Gasteiger partial charge in [0.15, 0.2) is 0 Å². The number of hydrogen-bond donors (Lipinski definition) is 2. The van der Waals surface area contributed by atoms with E-state index in [-0.39, 0.29) is 11.5 Å². The molecule has 4 aromatic rings. The van der Waals surface area contributed by atoms with Crippen LogP contribution in [0.4, 0.5) is 0 Å². The normalized spacial score (nSPS) is 15.2. The van der Waals surface area contributed by atoms with Crippen LogP contribution in [0.5, 0.6) is 5.75 Å². The Balaban J connectivity index is 1.78. The average molecular weight is 472 g/mol. The Hall–Kier alpha value is -4.03. The number of carbonyl (C=O) groups excluding carboxylic acids is 1. The number of hydrogen-bond acceptors (Lipinski definition) is 4. The van der Waals surface area contributed by atoms with Gasteiger partial charge in [-0.2, -0.15) is 0 Å². The third kappa shape index (κ3) is 3.72. The number of halogens is 1. The summed E-state index contributed by atoms with van der Waals surface area (Å²) in [6, 6.07) is 22.1. The van der Waals surface area contributed by atoms with Gasteiger partial charge in [-0.05, 0) is 35.9 Å². The summed E-state index contributed by atoms with van der Waals surface area (Å²) >= 11 is 6.34. The van der Waals surface area contributed by atoms with Gasteiger partial charge in [0.05, 0.1) is 18.4 Å². The zero-order valence-corrected chi connectivity index (χ0v) is 19.4. The van der Waals surface area contributed by atoms with Crippen molar-refractivity contribution in [2.75, 3.05) is 7.11 Å². The van der Waals surface area contributed by atoms with Crippen LogP contribution in [0.25, 0.3) is 27.7 Å². The summed E-state index contributed by atoms with van der Waals surface area (Å²) in [6.07, 6.45) is 1.88. The third-order valence-corrected chi connectivity index (χ3v) is 6.18. The molecule has 34 heavy (non-hydrogen) atoms. The highest BCUT2D eigenvalue weighted by Crippen LogP contribution is 2.39. The number of methoxy groups -OCH3 is 1. The Bertz CT molecular complexity index is 1490. The van der Waals surface area contributed by atoms with Gasteiger partial charge in [-0.3, -0.25) is 15.0 Å². The van der Waals surface area contributed by atoms with E-state index >= 15 is 0 Å². The molecule has 3 aromatic carbocycles. The van der Waals surface area contributed by atoms with Gasteiger partial charge >= 0.3 is 0 Å². The van der Waals surface area contributed by atoms with Gasteiger partial charge in [-0.25, -0.2) is 5.01 Å². The summed E-state index contributed by atoms with van der Waals surface area (Å²) in [6.45, 7) is 1.48. The molecule has 0 saturated carbocycles. The number of carbonyl (C=O) groups is 1. The molecular formula is C27H22ClN3O3. The number of aromatic nitrogens is 1. The monoisotopic (exact) mass is 471 g/mol. The van der Waals surface area contributed by atoms with Crippen molar-refractivity contribution in [1.29, 1.82) is 0 Å². The maximum absolute atomic E-state index is 13.4. The zero-order chi connectivity index (χ0) is 23.8. The molecule has 1 aromatic heterocycles. The number of nitrogens with one attached hydrogen (secondary N) is 2. The fourth-order valence-electron chi connectivity index (χ4n) is 4.45. The molecule has 0 fully saturated rings. The Kier molecular flexibility index (Phi) is 5.59. The first-order valence-electron chi connectivity index (χ1n) is 10.8. The predicted molar refractivity (Wildman–Crippen MR) is 134 cm³/mol. The molecule has 0 unspecified atom stereocenters. The first-order chi connectivity index (χ1) is 16.5. The molecule has 2 heterocycles. The molecule has 1 aliphatic heterocycles. The molecule has 0 bridgehead atoms. The van der Waals surface area contributed by atoms with Gasteiger partial charge in [0.2, 0.25) is 5.91 Å². The summed E-state index contributed by atoms with van der Waals surface area (Å²) < 4.78 is 5.54. The van der Waals surface area contributed by atoms with Crippen molar-refractivity contribution in [3.63, 3.8) is 0 Å². The molecule has 2 N–H and O–H groups in total. The highest BCUT2D eigenvalue weighted by Gasteiger charge is 2.33. The van der Waals surface area contributed by atoms with E-state index in [2.05, 4.69) is 10.4 Å². The van der Waals surface area contributed by atoms with Crippen LogP contribution in [0.2, 0.25) is 5.02 Å². The maximum Gasteiger partial charge on any atom is 0.258 e. The van der Waals surface area contributed by atoms with Crippen molar-refractivity contribution in [2.24, 2.45) is 0 Å². The van der Waals surface area contributed by atoms with Crippen molar-refractivity contribution in [2.45, 2.75) is 13.0 Å². The molecular weight excluding hydrogens is 450 g/mol. The lowest BCUT2D eigenvalue weighted by atomic mass is 9.94. The largest absolute Gasteiger partial charge is 0.496 e. The van der Waals surface area contributed by atoms with Crippen LogP contribution in [-0.4, -0.2) is 23.0 Å². The number of amides is 1.